The summed E-state index contributed by atoms with van der Waals surface area (Å²) in [4.78, 5) is 19.6. The molecular formula is C22H35N5OS. The zero-order valence-corrected chi connectivity index (χ0v) is 18.6. The second kappa shape index (κ2) is 10.9. The number of nitrogens with one attached hydrogen (secondary N) is 3. The normalized spacial score (nSPS) is 20.4. The number of likely N-dealkylation sites (N-methyl/N-ethyl adjacent to an activating group) is 1. The van der Waals surface area contributed by atoms with E-state index >= 15 is 0 Å². The predicted molar refractivity (Wildman–Crippen MR) is 122 cm³/mol. The lowest BCUT2D eigenvalue weighted by Crippen LogP contribution is -2.51. The van der Waals surface area contributed by atoms with Gasteiger partial charge in [-0.25, -0.2) is 0 Å². The Labute approximate surface area is 179 Å². The minimum Gasteiger partial charge on any atom is -0.358 e. The Balaban J connectivity index is 1.48. The third kappa shape index (κ3) is 6.64. The maximum Gasteiger partial charge on any atom is 0.233 e. The maximum atomic E-state index is 11.6. The van der Waals surface area contributed by atoms with Crippen LogP contribution in [0, 0.1) is 0 Å². The highest BCUT2D eigenvalue weighted by atomic mass is 32.2. The number of piperidine rings is 1. The van der Waals surface area contributed by atoms with Crippen molar-refractivity contribution in [2.75, 3.05) is 40.3 Å². The van der Waals surface area contributed by atoms with Gasteiger partial charge in [0.15, 0.2) is 5.96 Å². The molecule has 1 aromatic rings. The highest BCUT2D eigenvalue weighted by Gasteiger charge is 2.35. The van der Waals surface area contributed by atoms with Gasteiger partial charge in [0, 0.05) is 49.4 Å². The molecule has 1 aliphatic carbocycles. The topological polar surface area (TPSA) is 68.8 Å². The van der Waals surface area contributed by atoms with Crippen molar-refractivity contribution in [1.29, 1.82) is 0 Å². The van der Waals surface area contributed by atoms with E-state index in [1.165, 1.54) is 30.6 Å². The van der Waals surface area contributed by atoms with Crippen molar-refractivity contribution in [2.24, 2.45) is 4.99 Å². The zero-order chi connectivity index (χ0) is 20.5. The molecule has 1 saturated heterocycles. The zero-order valence-electron chi connectivity index (χ0n) is 17.7. The van der Waals surface area contributed by atoms with Crippen LogP contribution < -0.4 is 16.0 Å². The van der Waals surface area contributed by atoms with Crippen LogP contribution in [0.5, 0.6) is 0 Å². The number of carbonyl (C=O) groups excluding carboxylic acids is 1. The van der Waals surface area contributed by atoms with Crippen LogP contribution in [0.25, 0.3) is 0 Å². The predicted octanol–water partition coefficient (Wildman–Crippen LogP) is 2.47. The molecule has 7 heteroatoms. The van der Waals surface area contributed by atoms with E-state index < -0.39 is 0 Å². The molecule has 3 N–H and O–H groups in total. The summed E-state index contributed by atoms with van der Waals surface area (Å²) < 4.78 is 0.246. The summed E-state index contributed by atoms with van der Waals surface area (Å²) in [6.45, 7) is 3.31. The summed E-state index contributed by atoms with van der Waals surface area (Å²) in [7, 11) is 3.54. The molecule has 3 rings (SSSR count). The summed E-state index contributed by atoms with van der Waals surface area (Å²) in [5.41, 5.74) is 0. The van der Waals surface area contributed by atoms with Crippen LogP contribution in [0.4, 0.5) is 0 Å². The summed E-state index contributed by atoms with van der Waals surface area (Å²) in [6.07, 6.45) is 7.15. The number of nitrogens with zero attached hydrogens (tertiary/aromatic N) is 2. The van der Waals surface area contributed by atoms with Gasteiger partial charge < -0.3 is 16.0 Å². The van der Waals surface area contributed by atoms with E-state index in [1.807, 2.05) is 18.8 Å². The smallest absolute Gasteiger partial charge is 0.233 e. The van der Waals surface area contributed by atoms with Crippen molar-refractivity contribution >= 4 is 23.6 Å². The first kappa shape index (κ1) is 22.0. The average molecular weight is 418 g/mol. The standard InChI is InChI=1S/C22H35N5OS/c1-23-20(28)16-27-14-10-18(11-15-27)26-21(24-2)25-17-22(12-6-7-13-22)29-19-8-4-3-5-9-19/h3-5,8-9,18H,6-7,10-17H2,1-2H3,(H,23,28)(H2,24,25,26). The summed E-state index contributed by atoms with van der Waals surface area (Å²) >= 11 is 2.02. The quantitative estimate of drug-likeness (QED) is 0.470. The van der Waals surface area contributed by atoms with Crippen molar-refractivity contribution in [2.45, 2.75) is 54.2 Å². The molecule has 0 spiro atoms. The molecule has 2 aliphatic rings. The van der Waals surface area contributed by atoms with E-state index in [2.05, 4.69) is 56.2 Å². The molecule has 2 fully saturated rings. The summed E-state index contributed by atoms with van der Waals surface area (Å²) in [5, 5.41) is 9.92. The van der Waals surface area contributed by atoms with Gasteiger partial charge in [0.05, 0.1) is 6.54 Å². The number of rotatable bonds is 7. The molecular weight excluding hydrogens is 382 g/mol. The molecule has 160 valence electrons. The molecule has 0 unspecified atom stereocenters. The lowest BCUT2D eigenvalue weighted by atomic mass is 10.1. The van der Waals surface area contributed by atoms with Crippen LogP contribution in [-0.4, -0.2) is 67.8 Å². The van der Waals surface area contributed by atoms with Crippen LogP contribution >= 0.6 is 11.8 Å². The maximum absolute atomic E-state index is 11.6. The van der Waals surface area contributed by atoms with Gasteiger partial charge in [-0.3, -0.25) is 14.7 Å². The van der Waals surface area contributed by atoms with E-state index in [0.29, 0.717) is 12.6 Å². The van der Waals surface area contributed by atoms with Crippen molar-refractivity contribution in [3.05, 3.63) is 30.3 Å². The van der Waals surface area contributed by atoms with Crippen LogP contribution in [0.3, 0.4) is 0 Å². The average Bonchev–Trinajstić information content (AvgIpc) is 3.21. The molecule has 0 bridgehead atoms. The summed E-state index contributed by atoms with van der Waals surface area (Å²) in [5.74, 6) is 0.987. The van der Waals surface area contributed by atoms with Crippen molar-refractivity contribution in [3.63, 3.8) is 0 Å². The third-order valence-corrected chi connectivity index (χ3v) is 7.46. The van der Waals surface area contributed by atoms with Gasteiger partial charge >= 0.3 is 0 Å². The number of benzene rings is 1. The molecule has 0 radical (unpaired) electrons. The molecule has 1 amide bonds. The van der Waals surface area contributed by atoms with Crippen LogP contribution in [0.2, 0.25) is 0 Å². The second-order valence-electron chi connectivity index (χ2n) is 8.10. The Bertz CT molecular complexity index is 667. The van der Waals surface area contributed by atoms with Crippen LogP contribution in [0.1, 0.15) is 38.5 Å². The van der Waals surface area contributed by atoms with E-state index in [0.717, 1.165) is 38.4 Å². The van der Waals surface area contributed by atoms with E-state index in [4.69, 9.17) is 0 Å². The molecule has 0 atom stereocenters. The van der Waals surface area contributed by atoms with E-state index in [-0.39, 0.29) is 10.7 Å². The van der Waals surface area contributed by atoms with Crippen LogP contribution in [0.15, 0.2) is 40.2 Å². The van der Waals surface area contributed by atoms with Gasteiger partial charge in [-0.15, -0.1) is 11.8 Å². The Morgan fingerprint density at radius 1 is 1.21 bits per heavy atom. The molecule has 29 heavy (non-hydrogen) atoms. The lowest BCUT2D eigenvalue weighted by Gasteiger charge is -2.34. The number of carbonyl (C=O) groups is 1. The first-order chi connectivity index (χ1) is 14.1. The fourth-order valence-corrected chi connectivity index (χ4v) is 5.65. The number of hydrogen-bond acceptors (Lipinski definition) is 4. The minimum absolute atomic E-state index is 0.0895. The SMILES string of the molecule is CN=C(NCC1(Sc2ccccc2)CCCC1)NC1CCN(CC(=O)NC)CC1. The first-order valence-electron chi connectivity index (χ1n) is 10.8. The number of hydrogen-bond donors (Lipinski definition) is 3. The highest BCUT2D eigenvalue weighted by molar-refractivity contribution is 8.00. The van der Waals surface area contributed by atoms with E-state index in [1.54, 1.807) is 7.05 Å². The Morgan fingerprint density at radius 3 is 2.52 bits per heavy atom. The number of thioether (sulfide) groups is 1. The lowest BCUT2D eigenvalue weighted by molar-refractivity contribution is -0.122. The van der Waals surface area contributed by atoms with Crippen molar-refractivity contribution in [3.8, 4) is 0 Å². The fourth-order valence-electron chi connectivity index (χ4n) is 4.22. The number of amides is 1. The molecule has 6 nitrogen and oxygen atoms in total. The monoisotopic (exact) mass is 417 g/mol. The van der Waals surface area contributed by atoms with Crippen LogP contribution in [-0.2, 0) is 4.79 Å². The van der Waals surface area contributed by atoms with E-state index in [9.17, 15) is 4.79 Å². The molecule has 1 aliphatic heterocycles. The largest absolute Gasteiger partial charge is 0.358 e. The number of likely N-dealkylation sites (tertiary alicyclic amines) is 1. The summed E-state index contributed by atoms with van der Waals surface area (Å²) in [6, 6.07) is 11.2. The van der Waals surface area contributed by atoms with Gasteiger partial charge in [-0.2, -0.15) is 0 Å². The van der Waals surface area contributed by atoms with Gasteiger partial charge in [0.25, 0.3) is 0 Å². The number of aliphatic imine (C=N–C) groups is 1. The molecule has 0 aromatic heterocycles. The second-order valence-corrected chi connectivity index (χ2v) is 9.64. The van der Waals surface area contributed by atoms with Gasteiger partial charge in [-0.05, 0) is 37.8 Å². The molecule has 1 heterocycles. The fraction of sp³-hybridized carbons (Fsp3) is 0.636. The highest BCUT2D eigenvalue weighted by Crippen LogP contribution is 2.44. The first-order valence-corrected chi connectivity index (χ1v) is 11.6. The third-order valence-electron chi connectivity index (χ3n) is 5.97. The Kier molecular flexibility index (Phi) is 8.24. The van der Waals surface area contributed by atoms with Gasteiger partial charge in [-0.1, -0.05) is 31.0 Å². The Morgan fingerprint density at radius 2 is 1.90 bits per heavy atom. The molecule has 1 saturated carbocycles. The molecule has 1 aromatic carbocycles. The van der Waals surface area contributed by atoms with Crippen molar-refractivity contribution in [1.82, 2.24) is 20.9 Å². The Hall–Kier alpha value is -1.73. The van der Waals surface area contributed by atoms with Gasteiger partial charge in [0.1, 0.15) is 0 Å². The van der Waals surface area contributed by atoms with Gasteiger partial charge in [0.2, 0.25) is 5.91 Å². The van der Waals surface area contributed by atoms with Crippen molar-refractivity contribution < 1.29 is 4.79 Å². The minimum atomic E-state index is 0.0895. The number of guanidine groups is 1.